The van der Waals surface area contributed by atoms with Crippen LogP contribution in [0.2, 0.25) is 0 Å². The molecule has 1 atom stereocenters. The number of ether oxygens (including phenoxy) is 3. The van der Waals surface area contributed by atoms with Crippen LogP contribution >= 0.6 is 27.7 Å². The van der Waals surface area contributed by atoms with Gasteiger partial charge in [-0.1, -0.05) is 52.8 Å². The van der Waals surface area contributed by atoms with Gasteiger partial charge in [-0.3, -0.25) is 9.69 Å². The van der Waals surface area contributed by atoms with Gasteiger partial charge < -0.3 is 14.2 Å². The van der Waals surface area contributed by atoms with Crippen LogP contribution < -0.4 is 19.1 Å². The summed E-state index contributed by atoms with van der Waals surface area (Å²) in [4.78, 5) is 19.1. The van der Waals surface area contributed by atoms with Gasteiger partial charge in [0.05, 0.1) is 5.69 Å². The van der Waals surface area contributed by atoms with E-state index in [2.05, 4.69) is 31.1 Å². The number of thioether (sulfide) groups is 1. The van der Waals surface area contributed by atoms with Gasteiger partial charge in [-0.25, -0.2) is 0 Å². The fourth-order valence-electron chi connectivity index (χ4n) is 3.57. The van der Waals surface area contributed by atoms with Crippen molar-refractivity contribution in [3.8, 4) is 28.6 Å². The lowest BCUT2D eigenvalue weighted by Crippen LogP contribution is -2.36. The molecule has 1 amide bonds. The molecule has 5 rings (SSSR count). The molecule has 0 saturated heterocycles. The van der Waals surface area contributed by atoms with Crippen LogP contribution in [0.4, 0.5) is 5.69 Å². The number of anilines is 1. The Morgan fingerprint density at radius 3 is 2.77 bits per heavy atom. The predicted molar refractivity (Wildman–Crippen MR) is 118 cm³/mol. The SMILES string of the molecule is CCSc1nnc2c(n1)O[C@@H](c1cc3c(cc1Br)OCO3)N(C(C)=O)c1ccccc1-2. The van der Waals surface area contributed by atoms with E-state index in [9.17, 15) is 4.79 Å². The molecule has 31 heavy (non-hydrogen) atoms. The van der Waals surface area contributed by atoms with Crippen molar-refractivity contribution in [1.29, 1.82) is 0 Å². The Hall–Kier alpha value is -2.85. The van der Waals surface area contributed by atoms with Gasteiger partial charge in [-0.2, -0.15) is 4.98 Å². The normalized spacial score (nSPS) is 16.2. The fraction of sp³-hybridized carbons (Fsp3) is 0.238. The number of hydrogen-bond donors (Lipinski definition) is 0. The molecule has 2 aliphatic heterocycles. The number of nitrogens with zero attached hydrogens (tertiary/aromatic N) is 4. The second-order valence-corrected chi connectivity index (χ2v) is 8.87. The molecule has 0 N–H and O–H groups in total. The Labute approximate surface area is 191 Å². The Balaban J connectivity index is 1.73. The lowest BCUT2D eigenvalue weighted by atomic mass is 10.1. The van der Waals surface area contributed by atoms with Crippen LogP contribution in [-0.2, 0) is 4.79 Å². The molecular formula is C21H17BrN4O4S. The monoisotopic (exact) mass is 500 g/mol. The molecule has 2 aliphatic rings. The number of carbonyl (C=O) groups is 1. The molecular weight excluding hydrogens is 484 g/mol. The first-order valence-corrected chi connectivity index (χ1v) is 11.4. The maximum absolute atomic E-state index is 12.9. The van der Waals surface area contributed by atoms with Crippen LogP contribution in [0, 0.1) is 0 Å². The molecule has 3 aromatic rings. The minimum atomic E-state index is -0.806. The van der Waals surface area contributed by atoms with Gasteiger partial charge in [0.2, 0.25) is 30.0 Å². The molecule has 158 valence electrons. The molecule has 0 radical (unpaired) electrons. The summed E-state index contributed by atoms with van der Waals surface area (Å²) in [6.45, 7) is 3.66. The van der Waals surface area contributed by atoms with Crippen LogP contribution in [0.15, 0.2) is 46.0 Å². The van der Waals surface area contributed by atoms with Crippen molar-refractivity contribution in [1.82, 2.24) is 15.2 Å². The van der Waals surface area contributed by atoms with Crippen molar-refractivity contribution in [2.45, 2.75) is 25.2 Å². The molecule has 1 aromatic heterocycles. The standard InChI is InChI=1S/C21H17BrN4O4S/c1-3-31-21-23-19-18(24-25-21)12-6-4-5-7-15(12)26(11(2)27)20(30-19)13-8-16-17(9-14(13)22)29-10-28-16/h4-9,20H,3,10H2,1-2H3/t20-/m0/s1. The minimum Gasteiger partial charge on any atom is -0.454 e. The highest BCUT2D eigenvalue weighted by molar-refractivity contribution is 9.10. The molecule has 2 aromatic carbocycles. The van der Waals surface area contributed by atoms with Crippen LogP contribution in [0.1, 0.15) is 25.6 Å². The average molecular weight is 501 g/mol. The van der Waals surface area contributed by atoms with E-state index < -0.39 is 6.23 Å². The lowest BCUT2D eigenvalue weighted by molar-refractivity contribution is -0.118. The Morgan fingerprint density at radius 1 is 1.23 bits per heavy atom. The zero-order chi connectivity index (χ0) is 21.5. The first kappa shape index (κ1) is 20.1. The number of benzene rings is 2. The smallest absolute Gasteiger partial charge is 0.247 e. The molecule has 0 saturated carbocycles. The number of rotatable bonds is 3. The first-order chi connectivity index (χ1) is 15.1. The van der Waals surface area contributed by atoms with Crippen LogP contribution in [0.5, 0.6) is 17.4 Å². The van der Waals surface area contributed by atoms with Crippen molar-refractivity contribution >= 4 is 39.3 Å². The predicted octanol–water partition coefficient (Wildman–Crippen LogP) is 4.59. The number of aromatic nitrogens is 3. The van der Waals surface area contributed by atoms with Crippen molar-refractivity contribution in [3.05, 3.63) is 46.4 Å². The van der Waals surface area contributed by atoms with E-state index in [4.69, 9.17) is 14.2 Å². The minimum absolute atomic E-state index is 0.146. The van der Waals surface area contributed by atoms with Gasteiger partial charge in [0.15, 0.2) is 17.2 Å². The highest BCUT2D eigenvalue weighted by Gasteiger charge is 2.36. The molecule has 0 spiro atoms. The third-order valence-electron chi connectivity index (χ3n) is 4.88. The number of halogens is 1. The first-order valence-electron chi connectivity index (χ1n) is 9.59. The third kappa shape index (κ3) is 3.49. The number of fused-ring (bicyclic) bond motifs is 4. The largest absolute Gasteiger partial charge is 0.454 e. The highest BCUT2D eigenvalue weighted by atomic mass is 79.9. The van der Waals surface area contributed by atoms with Crippen molar-refractivity contribution in [2.75, 3.05) is 17.4 Å². The molecule has 0 fully saturated rings. The van der Waals surface area contributed by atoms with E-state index in [-0.39, 0.29) is 12.7 Å². The second-order valence-electron chi connectivity index (χ2n) is 6.78. The zero-order valence-corrected chi connectivity index (χ0v) is 19.1. The van der Waals surface area contributed by atoms with Gasteiger partial charge in [0.1, 0.15) is 0 Å². The van der Waals surface area contributed by atoms with Gasteiger partial charge in [-0.15, -0.1) is 10.2 Å². The average Bonchev–Trinajstić information content (AvgIpc) is 3.14. The summed E-state index contributed by atoms with van der Waals surface area (Å²) in [5, 5.41) is 9.13. The highest BCUT2D eigenvalue weighted by Crippen LogP contribution is 2.46. The van der Waals surface area contributed by atoms with E-state index in [1.54, 1.807) is 4.90 Å². The lowest BCUT2D eigenvalue weighted by Gasteiger charge is -2.30. The number of amides is 1. The summed E-state index contributed by atoms with van der Waals surface area (Å²) in [5.74, 6) is 2.15. The number of hydrogen-bond acceptors (Lipinski definition) is 8. The third-order valence-corrected chi connectivity index (χ3v) is 6.29. The molecule has 0 bridgehead atoms. The summed E-state index contributed by atoms with van der Waals surface area (Å²) in [6, 6.07) is 11.1. The maximum atomic E-state index is 12.9. The fourth-order valence-corrected chi connectivity index (χ4v) is 4.59. The van der Waals surface area contributed by atoms with Gasteiger partial charge >= 0.3 is 0 Å². The van der Waals surface area contributed by atoms with Crippen LogP contribution in [0.25, 0.3) is 11.3 Å². The molecule has 10 heteroatoms. The van der Waals surface area contributed by atoms with Crippen molar-refractivity contribution in [2.24, 2.45) is 0 Å². The topological polar surface area (TPSA) is 86.7 Å². The molecule has 0 aliphatic carbocycles. The van der Waals surface area contributed by atoms with E-state index in [0.29, 0.717) is 39.5 Å². The van der Waals surface area contributed by atoms with Gasteiger partial charge in [0, 0.05) is 22.5 Å². The summed E-state index contributed by atoms with van der Waals surface area (Å²) in [7, 11) is 0. The summed E-state index contributed by atoms with van der Waals surface area (Å²) < 4.78 is 18.1. The zero-order valence-electron chi connectivity index (χ0n) is 16.7. The number of para-hydroxylation sites is 1. The van der Waals surface area contributed by atoms with Crippen LogP contribution in [0.3, 0.4) is 0 Å². The summed E-state index contributed by atoms with van der Waals surface area (Å²) in [5.41, 5.74) is 2.57. The molecule has 0 unspecified atom stereocenters. The Morgan fingerprint density at radius 2 is 2.00 bits per heavy atom. The van der Waals surface area contributed by atoms with Crippen LogP contribution in [-0.4, -0.2) is 33.6 Å². The molecule has 3 heterocycles. The van der Waals surface area contributed by atoms with Gasteiger partial charge in [-0.05, 0) is 24.0 Å². The van der Waals surface area contributed by atoms with E-state index >= 15 is 0 Å². The number of carbonyl (C=O) groups excluding carboxylic acids is 1. The van der Waals surface area contributed by atoms with E-state index in [1.165, 1.54) is 18.7 Å². The Kier molecular flexibility index (Phi) is 5.19. The second kappa shape index (κ2) is 8.01. The quantitative estimate of drug-likeness (QED) is 0.482. The molecule has 8 nitrogen and oxygen atoms in total. The Bertz CT molecular complexity index is 1190. The van der Waals surface area contributed by atoms with E-state index in [1.807, 2.05) is 43.3 Å². The summed E-state index contributed by atoms with van der Waals surface area (Å²) >= 11 is 5.07. The van der Waals surface area contributed by atoms with Gasteiger partial charge in [0.25, 0.3) is 0 Å². The van der Waals surface area contributed by atoms with Crippen molar-refractivity contribution < 1.29 is 19.0 Å². The van der Waals surface area contributed by atoms with Crippen molar-refractivity contribution in [3.63, 3.8) is 0 Å². The van der Waals surface area contributed by atoms with E-state index in [0.717, 1.165) is 15.8 Å². The maximum Gasteiger partial charge on any atom is 0.247 e. The summed E-state index contributed by atoms with van der Waals surface area (Å²) in [6.07, 6.45) is -0.806.